The summed E-state index contributed by atoms with van der Waals surface area (Å²) < 4.78 is 5.37. The number of anilines is 2. The molecule has 0 radical (unpaired) electrons. The molecule has 0 atom stereocenters. The van der Waals surface area contributed by atoms with E-state index in [-0.39, 0.29) is 0 Å². The molecule has 0 aliphatic carbocycles. The highest BCUT2D eigenvalue weighted by molar-refractivity contribution is 5.43. The topological polar surface area (TPSA) is 88.8 Å². The van der Waals surface area contributed by atoms with Gasteiger partial charge >= 0.3 is 6.01 Å². The van der Waals surface area contributed by atoms with E-state index in [4.69, 9.17) is 4.42 Å². The van der Waals surface area contributed by atoms with Gasteiger partial charge < -0.3 is 9.73 Å². The Balaban J connectivity index is 1.90. The normalized spacial score (nSPS) is 10.4. The maximum atomic E-state index is 5.37. The van der Waals surface area contributed by atoms with E-state index >= 15 is 0 Å². The highest BCUT2D eigenvalue weighted by Crippen LogP contribution is 2.11. The lowest BCUT2D eigenvalue weighted by atomic mass is 10.5. The first kappa shape index (κ1) is 11.5. The monoisotopic (exact) mass is 234 g/mol. The third-order valence-electron chi connectivity index (χ3n) is 1.98. The molecule has 2 aromatic heterocycles. The summed E-state index contributed by atoms with van der Waals surface area (Å²) in [7, 11) is 0. The van der Waals surface area contributed by atoms with Gasteiger partial charge in [0.15, 0.2) is 5.82 Å². The van der Waals surface area contributed by atoms with Crippen LogP contribution in [0, 0.1) is 0 Å². The van der Waals surface area contributed by atoms with E-state index in [1.54, 1.807) is 18.3 Å². The molecule has 0 bridgehead atoms. The zero-order valence-electron chi connectivity index (χ0n) is 9.55. The number of rotatable bonds is 6. The largest absolute Gasteiger partial charge is 0.406 e. The summed E-state index contributed by atoms with van der Waals surface area (Å²) in [6.45, 7) is 3.60. The molecule has 0 aliphatic rings. The molecule has 90 valence electrons. The lowest BCUT2D eigenvalue weighted by Crippen LogP contribution is -2.13. The summed E-state index contributed by atoms with van der Waals surface area (Å²) in [5, 5.41) is 21.4. The SMILES string of the molecule is CCCNCc1nnc(Nc2cccnn2)o1. The van der Waals surface area contributed by atoms with Gasteiger partial charge in [0.25, 0.3) is 0 Å². The molecule has 0 saturated heterocycles. The third-order valence-corrected chi connectivity index (χ3v) is 1.98. The number of nitrogens with zero attached hydrogens (tertiary/aromatic N) is 4. The van der Waals surface area contributed by atoms with Crippen molar-refractivity contribution in [2.75, 3.05) is 11.9 Å². The molecule has 2 N–H and O–H groups in total. The Labute approximate surface area is 98.7 Å². The molecule has 0 aromatic carbocycles. The van der Waals surface area contributed by atoms with Gasteiger partial charge in [-0.1, -0.05) is 12.0 Å². The van der Waals surface area contributed by atoms with Crippen LogP contribution in [0.5, 0.6) is 0 Å². The third kappa shape index (κ3) is 3.49. The molecule has 17 heavy (non-hydrogen) atoms. The van der Waals surface area contributed by atoms with E-state index < -0.39 is 0 Å². The average Bonchev–Trinajstić information content (AvgIpc) is 2.79. The Morgan fingerprint density at radius 2 is 2.24 bits per heavy atom. The summed E-state index contributed by atoms with van der Waals surface area (Å²) in [5.74, 6) is 1.12. The van der Waals surface area contributed by atoms with Gasteiger partial charge in [-0.05, 0) is 25.1 Å². The predicted molar refractivity (Wildman–Crippen MR) is 61.6 cm³/mol. The Morgan fingerprint density at radius 3 is 3.00 bits per heavy atom. The molecule has 0 unspecified atom stereocenters. The quantitative estimate of drug-likeness (QED) is 0.723. The van der Waals surface area contributed by atoms with Crippen LogP contribution >= 0.6 is 0 Å². The minimum absolute atomic E-state index is 0.318. The maximum Gasteiger partial charge on any atom is 0.321 e. The Hall–Kier alpha value is -2.02. The van der Waals surface area contributed by atoms with E-state index in [1.165, 1.54) is 0 Å². The van der Waals surface area contributed by atoms with Gasteiger partial charge in [-0.3, -0.25) is 5.32 Å². The Morgan fingerprint density at radius 1 is 1.29 bits per heavy atom. The highest BCUT2D eigenvalue weighted by atomic mass is 16.4. The Bertz CT molecular complexity index is 443. The van der Waals surface area contributed by atoms with Crippen molar-refractivity contribution in [2.45, 2.75) is 19.9 Å². The minimum Gasteiger partial charge on any atom is -0.406 e. The average molecular weight is 234 g/mol. The van der Waals surface area contributed by atoms with Crippen molar-refractivity contribution >= 4 is 11.8 Å². The second kappa shape index (κ2) is 5.90. The van der Waals surface area contributed by atoms with Crippen molar-refractivity contribution in [3.8, 4) is 0 Å². The van der Waals surface area contributed by atoms with Crippen molar-refractivity contribution in [1.29, 1.82) is 0 Å². The number of hydrogen-bond acceptors (Lipinski definition) is 7. The van der Waals surface area contributed by atoms with E-state index in [1.807, 2.05) is 0 Å². The van der Waals surface area contributed by atoms with Crippen molar-refractivity contribution in [1.82, 2.24) is 25.7 Å². The molecule has 2 rings (SSSR count). The highest BCUT2D eigenvalue weighted by Gasteiger charge is 2.05. The maximum absolute atomic E-state index is 5.37. The number of nitrogens with one attached hydrogen (secondary N) is 2. The van der Waals surface area contributed by atoms with Gasteiger partial charge in [0, 0.05) is 6.20 Å². The molecule has 0 aliphatic heterocycles. The van der Waals surface area contributed by atoms with Crippen LogP contribution in [-0.4, -0.2) is 26.9 Å². The lowest BCUT2D eigenvalue weighted by molar-refractivity contribution is 0.479. The van der Waals surface area contributed by atoms with Crippen LogP contribution in [0.2, 0.25) is 0 Å². The second-order valence-corrected chi connectivity index (χ2v) is 3.41. The number of aromatic nitrogens is 4. The van der Waals surface area contributed by atoms with Gasteiger partial charge in [-0.25, -0.2) is 0 Å². The van der Waals surface area contributed by atoms with Crippen molar-refractivity contribution in [2.24, 2.45) is 0 Å². The second-order valence-electron chi connectivity index (χ2n) is 3.41. The molecule has 2 heterocycles. The lowest BCUT2D eigenvalue weighted by Gasteiger charge is -1.98. The van der Waals surface area contributed by atoms with E-state index in [0.717, 1.165) is 13.0 Å². The van der Waals surface area contributed by atoms with Gasteiger partial charge in [0.05, 0.1) is 6.54 Å². The van der Waals surface area contributed by atoms with Gasteiger partial charge in [-0.15, -0.1) is 10.2 Å². The fraction of sp³-hybridized carbons (Fsp3) is 0.400. The van der Waals surface area contributed by atoms with Crippen LogP contribution in [0.3, 0.4) is 0 Å². The van der Waals surface area contributed by atoms with Crippen molar-refractivity contribution < 1.29 is 4.42 Å². The molecule has 0 fully saturated rings. The van der Waals surface area contributed by atoms with Crippen LogP contribution in [0.1, 0.15) is 19.2 Å². The first-order chi connectivity index (χ1) is 8.38. The first-order valence-corrected chi connectivity index (χ1v) is 5.46. The van der Waals surface area contributed by atoms with E-state index in [2.05, 4.69) is 38.0 Å². The molecular formula is C10H14N6O. The van der Waals surface area contributed by atoms with Crippen molar-refractivity contribution in [3.05, 3.63) is 24.2 Å². The van der Waals surface area contributed by atoms with Crippen molar-refractivity contribution in [3.63, 3.8) is 0 Å². The smallest absolute Gasteiger partial charge is 0.321 e. The molecule has 0 amide bonds. The van der Waals surface area contributed by atoms with Crippen LogP contribution in [0.4, 0.5) is 11.8 Å². The summed E-state index contributed by atoms with van der Waals surface area (Å²) in [5.41, 5.74) is 0. The first-order valence-electron chi connectivity index (χ1n) is 5.46. The Kier molecular flexibility index (Phi) is 3.98. The molecule has 7 nitrogen and oxygen atoms in total. The summed E-state index contributed by atoms with van der Waals surface area (Å²) in [6.07, 6.45) is 2.66. The van der Waals surface area contributed by atoms with E-state index in [0.29, 0.717) is 24.3 Å². The fourth-order valence-corrected chi connectivity index (χ4v) is 1.23. The van der Waals surface area contributed by atoms with Gasteiger partial charge in [-0.2, -0.15) is 5.10 Å². The van der Waals surface area contributed by atoms with Crippen LogP contribution in [-0.2, 0) is 6.54 Å². The molecule has 0 spiro atoms. The molecule has 0 saturated carbocycles. The van der Waals surface area contributed by atoms with Gasteiger partial charge in [0.2, 0.25) is 5.89 Å². The molecule has 2 aromatic rings. The van der Waals surface area contributed by atoms with Crippen LogP contribution < -0.4 is 10.6 Å². The van der Waals surface area contributed by atoms with Crippen LogP contribution in [0.15, 0.2) is 22.7 Å². The van der Waals surface area contributed by atoms with E-state index in [9.17, 15) is 0 Å². The fourth-order valence-electron chi connectivity index (χ4n) is 1.23. The molecular weight excluding hydrogens is 220 g/mol. The van der Waals surface area contributed by atoms with Gasteiger partial charge in [0.1, 0.15) is 0 Å². The van der Waals surface area contributed by atoms with Crippen LogP contribution in [0.25, 0.3) is 0 Å². The molecule has 7 heteroatoms. The summed E-state index contributed by atoms with van der Waals surface area (Å²) >= 11 is 0. The predicted octanol–water partition coefficient (Wildman–Crippen LogP) is 1.10. The zero-order chi connectivity index (χ0) is 11.9. The number of hydrogen-bond donors (Lipinski definition) is 2. The zero-order valence-corrected chi connectivity index (χ0v) is 9.55. The minimum atomic E-state index is 0.318. The standard InChI is InChI=1S/C10H14N6O/c1-2-5-11-7-9-15-16-10(17-9)13-8-4-3-6-12-14-8/h3-4,6,11H,2,5,7H2,1H3,(H,13,14,16). The summed E-state index contributed by atoms with van der Waals surface area (Å²) in [4.78, 5) is 0. The summed E-state index contributed by atoms with van der Waals surface area (Å²) in [6, 6.07) is 3.86.